The Labute approximate surface area is 118 Å². The van der Waals surface area contributed by atoms with Crippen molar-refractivity contribution in [1.82, 2.24) is 10.3 Å². The number of ether oxygens (including phenoxy) is 1. The zero-order chi connectivity index (χ0) is 14.4. The first kappa shape index (κ1) is 14.1. The average Bonchev–Trinajstić information content (AvgIpc) is 2.49. The van der Waals surface area contributed by atoms with Gasteiger partial charge in [-0.1, -0.05) is 6.07 Å². The number of amides is 1. The lowest BCUT2D eigenvalue weighted by Gasteiger charge is -2.14. The highest BCUT2D eigenvalue weighted by molar-refractivity contribution is 5.94. The van der Waals surface area contributed by atoms with Crippen LogP contribution in [0.15, 0.2) is 48.8 Å². The lowest BCUT2D eigenvalue weighted by atomic mass is 10.1. The molecule has 1 atom stereocenters. The highest BCUT2D eigenvalue weighted by Crippen LogP contribution is 2.14. The molecule has 20 heavy (non-hydrogen) atoms. The largest absolute Gasteiger partial charge is 0.494 e. The van der Waals surface area contributed by atoms with Gasteiger partial charge in [-0.15, -0.1) is 0 Å². The molecule has 1 N–H and O–H groups in total. The van der Waals surface area contributed by atoms with E-state index in [0.717, 1.165) is 11.3 Å². The van der Waals surface area contributed by atoms with Gasteiger partial charge in [0.05, 0.1) is 12.6 Å². The van der Waals surface area contributed by atoms with Crippen molar-refractivity contribution < 1.29 is 9.53 Å². The number of hydrogen-bond acceptors (Lipinski definition) is 3. The van der Waals surface area contributed by atoms with Crippen LogP contribution in [0.1, 0.15) is 35.8 Å². The number of aromatic nitrogens is 1. The van der Waals surface area contributed by atoms with Crippen LogP contribution in [-0.2, 0) is 0 Å². The van der Waals surface area contributed by atoms with E-state index in [0.29, 0.717) is 12.2 Å². The topological polar surface area (TPSA) is 51.2 Å². The Hall–Kier alpha value is -2.36. The molecule has 0 spiro atoms. The van der Waals surface area contributed by atoms with E-state index in [1.54, 1.807) is 36.7 Å². The van der Waals surface area contributed by atoms with E-state index in [1.807, 2.05) is 26.0 Å². The van der Waals surface area contributed by atoms with E-state index in [1.165, 1.54) is 0 Å². The van der Waals surface area contributed by atoms with Gasteiger partial charge < -0.3 is 10.1 Å². The molecule has 1 aromatic heterocycles. The summed E-state index contributed by atoms with van der Waals surface area (Å²) >= 11 is 0. The molecule has 2 rings (SSSR count). The van der Waals surface area contributed by atoms with Gasteiger partial charge >= 0.3 is 0 Å². The smallest absolute Gasteiger partial charge is 0.251 e. The second kappa shape index (κ2) is 6.70. The van der Waals surface area contributed by atoms with Gasteiger partial charge in [0.1, 0.15) is 5.75 Å². The van der Waals surface area contributed by atoms with E-state index in [-0.39, 0.29) is 11.9 Å². The fourth-order valence-electron chi connectivity index (χ4n) is 1.86. The van der Waals surface area contributed by atoms with Crippen LogP contribution < -0.4 is 10.1 Å². The minimum Gasteiger partial charge on any atom is -0.494 e. The second-order valence-electron chi connectivity index (χ2n) is 4.44. The first-order valence-electron chi connectivity index (χ1n) is 6.64. The second-order valence-corrected chi connectivity index (χ2v) is 4.44. The van der Waals surface area contributed by atoms with Crippen molar-refractivity contribution in [3.8, 4) is 5.75 Å². The van der Waals surface area contributed by atoms with Crippen LogP contribution >= 0.6 is 0 Å². The van der Waals surface area contributed by atoms with Gasteiger partial charge in [-0.2, -0.15) is 0 Å². The fourth-order valence-corrected chi connectivity index (χ4v) is 1.86. The molecule has 0 aliphatic carbocycles. The van der Waals surface area contributed by atoms with Crippen molar-refractivity contribution >= 4 is 5.91 Å². The molecule has 4 heteroatoms. The Morgan fingerprint density at radius 1 is 1.30 bits per heavy atom. The molecular formula is C16H18N2O2. The maximum absolute atomic E-state index is 12.1. The standard InChI is InChI=1S/C16H18N2O2/c1-3-20-15-8-6-13(7-9-15)16(19)18-12(2)14-5-4-10-17-11-14/h4-12H,3H2,1-2H3,(H,18,19). The molecule has 0 aliphatic heterocycles. The summed E-state index contributed by atoms with van der Waals surface area (Å²) in [6, 6.07) is 10.8. The third kappa shape index (κ3) is 3.57. The lowest BCUT2D eigenvalue weighted by Crippen LogP contribution is -2.26. The van der Waals surface area contributed by atoms with Gasteiger partial charge in [-0.05, 0) is 49.7 Å². The lowest BCUT2D eigenvalue weighted by molar-refractivity contribution is 0.0940. The minimum absolute atomic E-state index is 0.0808. The van der Waals surface area contributed by atoms with Crippen LogP contribution in [0, 0.1) is 0 Å². The monoisotopic (exact) mass is 270 g/mol. The number of nitrogens with one attached hydrogen (secondary N) is 1. The Morgan fingerprint density at radius 3 is 2.65 bits per heavy atom. The molecule has 0 bridgehead atoms. The summed E-state index contributed by atoms with van der Waals surface area (Å²) in [5, 5.41) is 2.94. The van der Waals surface area contributed by atoms with Crippen LogP contribution in [0.25, 0.3) is 0 Å². The third-order valence-corrected chi connectivity index (χ3v) is 2.96. The Balaban J connectivity index is 2.01. The summed E-state index contributed by atoms with van der Waals surface area (Å²) in [6.45, 7) is 4.48. The van der Waals surface area contributed by atoms with Gasteiger partial charge in [-0.25, -0.2) is 0 Å². The van der Waals surface area contributed by atoms with E-state index in [9.17, 15) is 4.79 Å². The van der Waals surface area contributed by atoms with Crippen molar-refractivity contribution in [3.63, 3.8) is 0 Å². The van der Waals surface area contributed by atoms with E-state index >= 15 is 0 Å². The molecule has 104 valence electrons. The molecule has 0 radical (unpaired) electrons. The van der Waals surface area contributed by atoms with Gasteiger partial charge in [0.15, 0.2) is 0 Å². The normalized spacial score (nSPS) is 11.7. The summed E-state index contributed by atoms with van der Waals surface area (Å²) in [6.07, 6.45) is 3.47. The van der Waals surface area contributed by atoms with E-state index in [4.69, 9.17) is 4.74 Å². The van der Waals surface area contributed by atoms with Crippen molar-refractivity contribution in [3.05, 3.63) is 59.9 Å². The molecule has 1 unspecified atom stereocenters. The molecule has 0 fully saturated rings. The van der Waals surface area contributed by atoms with E-state index < -0.39 is 0 Å². The van der Waals surface area contributed by atoms with Crippen LogP contribution in [0.3, 0.4) is 0 Å². The van der Waals surface area contributed by atoms with Crippen LogP contribution in [0.2, 0.25) is 0 Å². The van der Waals surface area contributed by atoms with Crippen LogP contribution in [-0.4, -0.2) is 17.5 Å². The maximum atomic E-state index is 12.1. The average molecular weight is 270 g/mol. The molecule has 4 nitrogen and oxygen atoms in total. The minimum atomic E-state index is -0.107. The predicted molar refractivity (Wildman–Crippen MR) is 77.7 cm³/mol. The molecule has 0 saturated carbocycles. The maximum Gasteiger partial charge on any atom is 0.251 e. The van der Waals surface area contributed by atoms with Gasteiger partial charge in [0, 0.05) is 18.0 Å². The third-order valence-electron chi connectivity index (χ3n) is 2.96. The zero-order valence-electron chi connectivity index (χ0n) is 11.7. The summed E-state index contributed by atoms with van der Waals surface area (Å²) in [5.41, 5.74) is 1.59. The summed E-state index contributed by atoms with van der Waals surface area (Å²) < 4.78 is 5.35. The number of hydrogen-bond donors (Lipinski definition) is 1. The number of rotatable bonds is 5. The van der Waals surface area contributed by atoms with Crippen molar-refractivity contribution in [2.75, 3.05) is 6.61 Å². The number of pyridine rings is 1. The van der Waals surface area contributed by atoms with Gasteiger partial charge in [0.2, 0.25) is 0 Å². The summed E-state index contributed by atoms with van der Waals surface area (Å²) in [5.74, 6) is 0.661. The number of nitrogens with zero attached hydrogens (tertiary/aromatic N) is 1. The van der Waals surface area contributed by atoms with Crippen molar-refractivity contribution in [1.29, 1.82) is 0 Å². The summed E-state index contributed by atoms with van der Waals surface area (Å²) in [4.78, 5) is 16.2. The molecule has 1 amide bonds. The van der Waals surface area contributed by atoms with Crippen molar-refractivity contribution in [2.45, 2.75) is 19.9 Å². The molecule has 1 aromatic carbocycles. The number of benzene rings is 1. The Bertz CT molecular complexity index is 552. The first-order chi connectivity index (χ1) is 9.70. The highest BCUT2D eigenvalue weighted by atomic mass is 16.5. The first-order valence-corrected chi connectivity index (χ1v) is 6.64. The molecule has 0 saturated heterocycles. The quantitative estimate of drug-likeness (QED) is 0.908. The molecule has 0 aliphatic rings. The van der Waals surface area contributed by atoms with Crippen LogP contribution in [0.5, 0.6) is 5.75 Å². The SMILES string of the molecule is CCOc1ccc(C(=O)NC(C)c2cccnc2)cc1. The van der Waals surface area contributed by atoms with E-state index in [2.05, 4.69) is 10.3 Å². The Kier molecular flexibility index (Phi) is 4.71. The van der Waals surface area contributed by atoms with Crippen LogP contribution in [0.4, 0.5) is 0 Å². The van der Waals surface area contributed by atoms with Crippen molar-refractivity contribution in [2.24, 2.45) is 0 Å². The Morgan fingerprint density at radius 2 is 2.05 bits per heavy atom. The molecule has 2 aromatic rings. The predicted octanol–water partition coefficient (Wildman–Crippen LogP) is 2.97. The summed E-state index contributed by atoms with van der Waals surface area (Å²) in [7, 11) is 0. The highest BCUT2D eigenvalue weighted by Gasteiger charge is 2.11. The number of carbonyl (C=O) groups is 1. The molecular weight excluding hydrogens is 252 g/mol. The molecule has 1 heterocycles. The van der Waals surface area contributed by atoms with Gasteiger partial charge in [-0.3, -0.25) is 9.78 Å². The van der Waals surface area contributed by atoms with Gasteiger partial charge in [0.25, 0.3) is 5.91 Å². The zero-order valence-corrected chi connectivity index (χ0v) is 11.7. The number of carbonyl (C=O) groups excluding carboxylic acids is 1. The fraction of sp³-hybridized carbons (Fsp3) is 0.250.